The SMILES string of the molecule is CCCCOc1ccc(C2(c3ccc(N4CCOCC4)cc3)C=Cc3c4c(c5cc(C)ccc5c3O2)-c2ccc(C)cc2C4(C)C)cc1. The molecule has 1 fully saturated rings. The van der Waals surface area contributed by atoms with Gasteiger partial charge in [-0.3, -0.25) is 0 Å². The summed E-state index contributed by atoms with van der Waals surface area (Å²) in [6.45, 7) is 15.4. The van der Waals surface area contributed by atoms with Crippen molar-refractivity contribution in [3.63, 3.8) is 0 Å². The first-order chi connectivity index (χ1) is 23.3. The number of anilines is 1. The Bertz CT molecular complexity index is 2030. The van der Waals surface area contributed by atoms with Crippen molar-refractivity contribution in [1.82, 2.24) is 0 Å². The molecule has 0 aromatic heterocycles. The maximum atomic E-state index is 7.55. The zero-order valence-corrected chi connectivity index (χ0v) is 28.9. The van der Waals surface area contributed by atoms with E-state index < -0.39 is 5.60 Å². The fourth-order valence-corrected chi connectivity index (χ4v) is 8.06. The molecule has 0 N–H and O–H groups in total. The molecule has 4 nitrogen and oxygen atoms in total. The Balaban J connectivity index is 1.31. The van der Waals surface area contributed by atoms with Gasteiger partial charge in [0.2, 0.25) is 0 Å². The standard InChI is InChI=1S/C44H45NO3/c1-6-7-24-47-34-16-12-32(13-17-34)44(31-10-14-33(15-11-31)45-22-25-46-26-23-45)21-20-37-41-40(36-19-9-30(3)28-39(36)43(41,4)5)38-27-29(2)8-18-35(38)42(37)48-44/h8-21,27-28H,6-7,22-26H2,1-5H3. The minimum absolute atomic E-state index is 0.177. The average molecular weight is 636 g/mol. The topological polar surface area (TPSA) is 30.9 Å². The minimum Gasteiger partial charge on any atom is -0.494 e. The third-order valence-corrected chi connectivity index (χ3v) is 10.7. The molecule has 0 saturated carbocycles. The molecule has 0 spiro atoms. The summed E-state index contributed by atoms with van der Waals surface area (Å²) in [7, 11) is 0. The lowest BCUT2D eigenvalue weighted by molar-refractivity contribution is 0.122. The van der Waals surface area contributed by atoms with Gasteiger partial charge in [-0.25, -0.2) is 0 Å². The molecule has 8 rings (SSSR count). The van der Waals surface area contributed by atoms with E-state index >= 15 is 0 Å². The van der Waals surface area contributed by atoms with E-state index in [9.17, 15) is 0 Å². The summed E-state index contributed by atoms with van der Waals surface area (Å²) in [6.07, 6.45) is 6.79. The third kappa shape index (κ3) is 4.92. The molecule has 0 bridgehead atoms. The van der Waals surface area contributed by atoms with Crippen molar-refractivity contribution in [2.24, 2.45) is 0 Å². The fraction of sp³-hybridized carbons (Fsp3) is 0.318. The molecule has 3 aliphatic rings. The van der Waals surface area contributed by atoms with Crippen LogP contribution in [0.5, 0.6) is 11.5 Å². The van der Waals surface area contributed by atoms with E-state index in [1.165, 1.54) is 50.0 Å². The molecular formula is C44H45NO3. The summed E-state index contributed by atoms with van der Waals surface area (Å²) in [5.41, 5.74) is 11.5. The Hall–Kier alpha value is -4.54. The van der Waals surface area contributed by atoms with Gasteiger partial charge in [0.05, 0.1) is 19.8 Å². The highest BCUT2D eigenvalue weighted by atomic mass is 16.5. The first-order valence-corrected chi connectivity index (χ1v) is 17.6. The molecule has 244 valence electrons. The summed E-state index contributed by atoms with van der Waals surface area (Å²) >= 11 is 0. The number of hydrogen-bond acceptors (Lipinski definition) is 4. The van der Waals surface area contributed by atoms with Crippen LogP contribution in [0.15, 0.2) is 91.0 Å². The summed E-state index contributed by atoms with van der Waals surface area (Å²) < 4.78 is 19.2. The lowest BCUT2D eigenvalue weighted by Crippen LogP contribution is -2.37. The molecule has 48 heavy (non-hydrogen) atoms. The van der Waals surface area contributed by atoms with E-state index in [1.54, 1.807) is 0 Å². The maximum Gasteiger partial charge on any atom is 0.178 e. The largest absolute Gasteiger partial charge is 0.494 e. The minimum atomic E-state index is -0.823. The molecular weight excluding hydrogens is 590 g/mol. The Morgan fingerprint density at radius 2 is 1.48 bits per heavy atom. The second-order valence-electron chi connectivity index (χ2n) is 14.3. The fourth-order valence-electron chi connectivity index (χ4n) is 8.06. The maximum absolute atomic E-state index is 7.55. The number of benzene rings is 5. The molecule has 2 aliphatic heterocycles. The molecule has 2 heterocycles. The third-order valence-electron chi connectivity index (χ3n) is 10.7. The molecule has 4 heteroatoms. The van der Waals surface area contributed by atoms with Crippen LogP contribution in [0.3, 0.4) is 0 Å². The molecule has 1 unspecified atom stereocenters. The number of fused-ring (bicyclic) bond motifs is 8. The first-order valence-electron chi connectivity index (χ1n) is 17.6. The molecule has 1 atom stereocenters. The molecule has 0 amide bonds. The number of nitrogens with zero attached hydrogens (tertiary/aromatic N) is 1. The van der Waals surface area contributed by atoms with Crippen molar-refractivity contribution in [3.05, 3.63) is 130 Å². The van der Waals surface area contributed by atoms with Crippen molar-refractivity contribution >= 4 is 22.5 Å². The Kier molecular flexibility index (Phi) is 7.60. The molecule has 0 radical (unpaired) electrons. The number of hydrogen-bond donors (Lipinski definition) is 0. The lowest BCUT2D eigenvalue weighted by Gasteiger charge is -2.39. The van der Waals surface area contributed by atoms with Crippen LogP contribution in [0.4, 0.5) is 5.69 Å². The van der Waals surface area contributed by atoms with Crippen LogP contribution in [0.1, 0.15) is 72.6 Å². The van der Waals surface area contributed by atoms with Crippen LogP contribution < -0.4 is 14.4 Å². The van der Waals surface area contributed by atoms with E-state index in [2.05, 4.69) is 137 Å². The van der Waals surface area contributed by atoms with Gasteiger partial charge in [-0.05, 0) is 78.2 Å². The Labute approximate surface area is 285 Å². The lowest BCUT2D eigenvalue weighted by atomic mass is 9.76. The summed E-state index contributed by atoms with van der Waals surface area (Å²) in [6, 6.07) is 31.3. The van der Waals surface area contributed by atoms with Crippen molar-refractivity contribution in [2.45, 2.75) is 58.5 Å². The highest BCUT2D eigenvalue weighted by Crippen LogP contribution is 2.58. The molecule has 5 aromatic carbocycles. The molecule has 1 aliphatic carbocycles. The van der Waals surface area contributed by atoms with Crippen LogP contribution in [0, 0.1) is 13.8 Å². The van der Waals surface area contributed by atoms with Crippen LogP contribution in [0.2, 0.25) is 0 Å². The van der Waals surface area contributed by atoms with E-state index in [-0.39, 0.29) is 5.41 Å². The molecule has 1 saturated heterocycles. The molecule has 5 aromatic rings. The van der Waals surface area contributed by atoms with E-state index in [4.69, 9.17) is 14.2 Å². The Morgan fingerprint density at radius 1 is 0.792 bits per heavy atom. The van der Waals surface area contributed by atoms with Crippen molar-refractivity contribution < 1.29 is 14.2 Å². The number of morpholine rings is 1. The zero-order valence-electron chi connectivity index (χ0n) is 28.9. The van der Waals surface area contributed by atoms with Crippen molar-refractivity contribution in [3.8, 4) is 22.6 Å². The smallest absolute Gasteiger partial charge is 0.178 e. The van der Waals surface area contributed by atoms with E-state index in [0.29, 0.717) is 0 Å². The van der Waals surface area contributed by atoms with Crippen molar-refractivity contribution in [2.75, 3.05) is 37.8 Å². The van der Waals surface area contributed by atoms with Gasteiger partial charge in [0.1, 0.15) is 11.5 Å². The first kappa shape index (κ1) is 30.8. The summed E-state index contributed by atoms with van der Waals surface area (Å²) in [5.74, 6) is 1.84. The second kappa shape index (κ2) is 11.9. The number of ether oxygens (including phenoxy) is 3. The van der Waals surface area contributed by atoms with Gasteiger partial charge < -0.3 is 19.1 Å². The Morgan fingerprint density at radius 3 is 2.21 bits per heavy atom. The van der Waals surface area contributed by atoms with E-state index in [0.717, 1.165) is 73.8 Å². The van der Waals surface area contributed by atoms with Gasteiger partial charge in [0.15, 0.2) is 5.60 Å². The van der Waals surface area contributed by atoms with Gasteiger partial charge in [0, 0.05) is 46.3 Å². The van der Waals surface area contributed by atoms with Crippen molar-refractivity contribution in [1.29, 1.82) is 0 Å². The quantitative estimate of drug-likeness (QED) is 0.167. The van der Waals surface area contributed by atoms with Crippen LogP contribution in [-0.2, 0) is 15.8 Å². The highest BCUT2D eigenvalue weighted by Gasteiger charge is 2.44. The summed E-state index contributed by atoms with van der Waals surface area (Å²) in [5, 5.41) is 2.41. The number of rotatable bonds is 7. The van der Waals surface area contributed by atoms with Crippen LogP contribution in [-0.4, -0.2) is 32.9 Å². The van der Waals surface area contributed by atoms with Gasteiger partial charge in [0.25, 0.3) is 0 Å². The second-order valence-corrected chi connectivity index (χ2v) is 14.3. The van der Waals surface area contributed by atoms with Crippen LogP contribution in [0.25, 0.3) is 28.0 Å². The van der Waals surface area contributed by atoms with Gasteiger partial charge >= 0.3 is 0 Å². The zero-order chi connectivity index (χ0) is 33.0. The highest BCUT2D eigenvalue weighted by molar-refractivity contribution is 6.08. The summed E-state index contributed by atoms with van der Waals surface area (Å²) in [4.78, 5) is 2.40. The van der Waals surface area contributed by atoms with Crippen LogP contribution >= 0.6 is 0 Å². The average Bonchev–Trinajstić information content (AvgIpc) is 3.35. The van der Waals surface area contributed by atoms with Gasteiger partial charge in [-0.15, -0.1) is 0 Å². The van der Waals surface area contributed by atoms with Gasteiger partial charge in [-0.1, -0.05) is 105 Å². The number of aryl methyl sites for hydroxylation is 2. The predicted molar refractivity (Wildman–Crippen MR) is 198 cm³/mol. The van der Waals surface area contributed by atoms with Gasteiger partial charge in [-0.2, -0.15) is 0 Å². The van der Waals surface area contributed by atoms with E-state index in [1.807, 2.05) is 0 Å². The normalized spacial score (nSPS) is 19.1. The number of unbranched alkanes of at least 4 members (excludes halogenated alkanes) is 1. The monoisotopic (exact) mass is 635 g/mol. The predicted octanol–water partition coefficient (Wildman–Crippen LogP) is 10.1.